The topological polar surface area (TPSA) is 84.1 Å². The normalized spacial score (nSPS) is 11.0. The molecule has 1 amide bonds. The molecule has 0 aliphatic heterocycles. The van der Waals surface area contributed by atoms with Crippen LogP contribution >= 0.6 is 23.1 Å². The number of amides is 1. The lowest BCUT2D eigenvalue weighted by molar-refractivity contribution is 0.103. The van der Waals surface area contributed by atoms with Gasteiger partial charge in [-0.25, -0.2) is 4.98 Å². The van der Waals surface area contributed by atoms with Crippen LogP contribution in [0.3, 0.4) is 0 Å². The van der Waals surface area contributed by atoms with E-state index in [1.54, 1.807) is 25.8 Å². The maximum absolute atomic E-state index is 13.0. The number of hydrogen-bond donors (Lipinski definition) is 2. The number of rotatable bonds is 6. The van der Waals surface area contributed by atoms with Crippen LogP contribution in [-0.2, 0) is 5.75 Å². The van der Waals surface area contributed by atoms with E-state index >= 15 is 0 Å². The number of thioether (sulfide) groups is 1. The third-order valence-corrected chi connectivity index (χ3v) is 7.29. The van der Waals surface area contributed by atoms with Crippen LogP contribution in [0.2, 0.25) is 0 Å². The molecule has 0 atom stereocenters. The fourth-order valence-corrected chi connectivity index (χ4v) is 5.36. The average Bonchev–Trinajstić information content (AvgIpc) is 3.11. The molecule has 0 spiro atoms. The molecule has 0 saturated carbocycles. The molecule has 2 aromatic heterocycles. The predicted molar refractivity (Wildman–Crippen MR) is 131 cm³/mol. The van der Waals surface area contributed by atoms with Gasteiger partial charge in [0.15, 0.2) is 0 Å². The summed E-state index contributed by atoms with van der Waals surface area (Å²) in [6.45, 7) is 5.76. The van der Waals surface area contributed by atoms with Crippen LogP contribution in [0.15, 0.2) is 52.2 Å². The number of carbonyl (C=O) groups excluding carboxylic acids is 1. The number of H-pyrrole nitrogens is 1. The molecular weight excluding hydrogens is 442 g/mol. The third-order valence-electron chi connectivity index (χ3n) is 5.10. The average molecular weight is 466 g/mol. The van der Waals surface area contributed by atoms with Crippen molar-refractivity contribution < 1.29 is 9.53 Å². The number of anilines is 1. The molecule has 0 saturated heterocycles. The number of aromatic amines is 1. The van der Waals surface area contributed by atoms with Crippen LogP contribution in [0.4, 0.5) is 5.69 Å². The van der Waals surface area contributed by atoms with Crippen molar-refractivity contribution in [2.24, 2.45) is 0 Å². The maximum Gasteiger partial charge on any atom is 0.266 e. The van der Waals surface area contributed by atoms with E-state index in [-0.39, 0.29) is 11.5 Å². The lowest BCUT2D eigenvalue weighted by Crippen LogP contribution is -2.13. The Morgan fingerprint density at radius 3 is 2.75 bits per heavy atom. The summed E-state index contributed by atoms with van der Waals surface area (Å²) >= 11 is 2.80. The van der Waals surface area contributed by atoms with Gasteiger partial charge in [0, 0.05) is 10.6 Å². The van der Waals surface area contributed by atoms with E-state index in [0.717, 1.165) is 27.5 Å². The third kappa shape index (κ3) is 4.56. The van der Waals surface area contributed by atoms with Crippen molar-refractivity contribution in [3.63, 3.8) is 0 Å². The van der Waals surface area contributed by atoms with Gasteiger partial charge in [0.25, 0.3) is 11.5 Å². The lowest BCUT2D eigenvalue weighted by atomic mass is 10.1. The van der Waals surface area contributed by atoms with Crippen molar-refractivity contribution in [3.8, 4) is 5.75 Å². The van der Waals surface area contributed by atoms with E-state index in [1.807, 2.05) is 56.3 Å². The molecular formula is C24H23N3O3S2. The molecule has 0 unspecified atom stereocenters. The van der Waals surface area contributed by atoms with Crippen LogP contribution in [0, 0.1) is 20.8 Å². The highest BCUT2D eigenvalue weighted by Gasteiger charge is 2.20. The Morgan fingerprint density at radius 2 is 2.00 bits per heavy atom. The molecule has 0 aliphatic rings. The summed E-state index contributed by atoms with van der Waals surface area (Å²) < 4.78 is 5.25. The molecule has 8 heteroatoms. The number of thiophene rings is 1. The zero-order chi connectivity index (χ0) is 22.8. The molecule has 32 heavy (non-hydrogen) atoms. The van der Waals surface area contributed by atoms with Crippen molar-refractivity contribution in [2.45, 2.75) is 31.4 Å². The number of aryl methyl sites for hydroxylation is 3. The molecule has 0 bridgehead atoms. The second-order valence-electron chi connectivity index (χ2n) is 7.49. The first-order valence-electron chi connectivity index (χ1n) is 10.0. The minimum atomic E-state index is -0.232. The summed E-state index contributed by atoms with van der Waals surface area (Å²) in [5.74, 6) is 1.61. The van der Waals surface area contributed by atoms with Crippen LogP contribution in [0.1, 0.15) is 32.2 Å². The molecule has 4 rings (SSSR count). The fraction of sp³-hybridized carbons (Fsp3) is 0.208. The summed E-state index contributed by atoms with van der Waals surface area (Å²) in [5.41, 5.74) is 3.30. The quantitative estimate of drug-likeness (QED) is 0.369. The van der Waals surface area contributed by atoms with Gasteiger partial charge >= 0.3 is 0 Å². The predicted octanol–water partition coefficient (Wildman–Crippen LogP) is 5.46. The number of aromatic nitrogens is 2. The van der Waals surface area contributed by atoms with E-state index in [1.165, 1.54) is 11.3 Å². The Hall–Kier alpha value is -3.10. The Balaban J connectivity index is 1.59. The number of fused-ring (bicyclic) bond motifs is 1. The van der Waals surface area contributed by atoms with Crippen molar-refractivity contribution >= 4 is 44.9 Å². The van der Waals surface area contributed by atoms with Gasteiger partial charge in [-0.15, -0.1) is 23.1 Å². The molecule has 2 aromatic carbocycles. The number of carbonyl (C=O) groups is 1. The van der Waals surface area contributed by atoms with E-state index in [4.69, 9.17) is 4.74 Å². The lowest BCUT2D eigenvalue weighted by Gasteiger charge is -2.08. The van der Waals surface area contributed by atoms with Gasteiger partial charge in [0.1, 0.15) is 16.4 Å². The zero-order valence-electron chi connectivity index (χ0n) is 18.2. The highest BCUT2D eigenvalue weighted by atomic mass is 32.2. The second-order valence-corrected chi connectivity index (χ2v) is 9.54. The SMILES string of the molecule is COc1cccc(SCc2nc3sc(C(=O)Nc4ccc(C)cc4C)c(C)c3c(=O)[nH]2)c1. The summed E-state index contributed by atoms with van der Waals surface area (Å²) in [6.07, 6.45) is 0. The highest BCUT2D eigenvalue weighted by molar-refractivity contribution is 7.98. The molecule has 0 radical (unpaired) electrons. The Kier molecular flexibility index (Phi) is 6.34. The Morgan fingerprint density at radius 1 is 1.19 bits per heavy atom. The number of methoxy groups -OCH3 is 1. The van der Waals surface area contributed by atoms with Crippen molar-refractivity contribution in [2.75, 3.05) is 12.4 Å². The van der Waals surface area contributed by atoms with Gasteiger partial charge in [0.05, 0.1) is 23.1 Å². The number of nitrogens with zero attached hydrogens (tertiary/aromatic N) is 1. The fourth-order valence-electron chi connectivity index (χ4n) is 3.45. The van der Waals surface area contributed by atoms with Gasteiger partial charge < -0.3 is 15.0 Å². The molecule has 0 fully saturated rings. The number of ether oxygens (including phenoxy) is 1. The van der Waals surface area contributed by atoms with Crippen LogP contribution in [0.5, 0.6) is 5.75 Å². The summed E-state index contributed by atoms with van der Waals surface area (Å²) in [6, 6.07) is 13.6. The van der Waals surface area contributed by atoms with Gasteiger partial charge in [0.2, 0.25) is 0 Å². The molecule has 4 aromatic rings. The second kappa shape index (κ2) is 9.18. The van der Waals surface area contributed by atoms with Gasteiger partial charge in [-0.3, -0.25) is 9.59 Å². The van der Waals surface area contributed by atoms with Crippen molar-refractivity contribution in [1.82, 2.24) is 9.97 Å². The summed E-state index contributed by atoms with van der Waals surface area (Å²) in [4.78, 5) is 35.3. The highest BCUT2D eigenvalue weighted by Crippen LogP contribution is 2.30. The molecule has 2 heterocycles. The first kappa shape index (κ1) is 22.1. The van der Waals surface area contributed by atoms with Crippen molar-refractivity contribution in [3.05, 3.63) is 80.2 Å². The maximum atomic E-state index is 13.0. The molecule has 2 N–H and O–H groups in total. The number of hydrogen-bond acceptors (Lipinski definition) is 6. The first-order valence-corrected chi connectivity index (χ1v) is 11.8. The number of benzene rings is 2. The monoisotopic (exact) mass is 465 g/mol. The number of nitrogens with one attached hydrogen (secondary N) is 2. The van der Waals surface area contributed by atoms with E-state index in [9.17, 15) is 9.59 Å². The molecule has 164 valence electrons. The van der Waals surface area contributed by atoms with E-state index < -0.39 is 0 Å². The molecule has 6 nitrogen and oxygen atoms in total. The summed E-state index contributed by atoms with van der Waals surface area (Å²) in [7, 11) is 1.63. The Bertz CT molecular complexity index is 1370. The van der Waals surface area contributed by atoms with E-state index in [0.29, 0.717) is 32.2 Å². The van der Waals surface area contributed by atoms with Crippen molar-refractivity contribution in [1.29, 1.82) is 0 Å². The van der Waals surface area contributed by atoms with Gasteiger partial charge in [-0.05, 0) is 56.2 Å². The minimum Gasteiger partial charge on any atom is -0.497 e. The van der Waals surface area contributed by atoms with E-state index in [2.05, 4.69) is 15.3 Å². The van der Waals surface area contributed by atoms with Crippen LogP contribution in [-0.4, -0.2) is 23.0 Å². The van der Waals surface area contributed by atoms with Gasteiger partial charge in [-0.1, -0.05) is 23.8 Å². The standard InChI is InChI=1S/C24H23N3O3S2/c1-13-8-9-18(14(2)10-13)25-23(29)21-15(3)20-22(28)26-19(27-24(20)32-21)12-31-17-7-5-6-16(11-17)30-4/h5-11H,12H2,1-4H3,(H,25,29)(H,26,27,28). The van der Waals surface area contributed by atoms with Crippen LogP contribution < -0.4 is 15.6 Å². The smallest absolute Gasteiger partial charge is 0.266 e. The first-order chi connectivity index (χ1) is 15.4. The minimum absolute atomic E-state index is 0.226. The summed E-state index contributed by atoms with van der Waals surface area (Å²) in [5, 5.41) is 3.43. The molecule has 0 aliphatic carbocycles. The zero-order valence-corrected chi connectivity index (χ0v) is 19.9. The largest absolute Gasteiger partial charge is 0.497 e. The van der Waals surface area contributed by atoms with Crippen LogP contribution in [0.25, 0.3) is 10.2 Å². The Labute approximate surface area is 194 Å². The van der Waals surface area contributed by atoms with Gasteiger partial charge in [-0.2, -0.15) is 0 Å².